The molecule has 112 valence electrons. The molecule has 0 aliphatic rings. The van der Waals surface area contributed by atoms with Gasteiger partial charge >= 0.3 is 0 Å². The van der Waals surface area contributed by atoms with Crippen LogP contribution in [0, 0.1) is 5.82 Å². The van der Waals surface area contributed by atoms with Crippen molar-refractivity contribution in [2.75, 3.05) is 0 Å². The van der Waals surface area contributed by atoms with E-state index in [1.165, 1.54) is 12.1 Å². The number of pyridine rings is 1. The summed E-state index contributed by atoms with van der Waals surface area (Å²) in [7, 11) is 0. The molecule has 0 saturated heterocycles. The molecule has 0 fully saturated rings. The Hall–Kier alpha value is -1.65. The molecule has 0 unspecified atom stereocenters. The molecule has 1 aromatic carbocycles. The number of halogens is 2. The van der Waals surface area contributed by atoms with Gasteiger partial charge in [-0.1, -0.05) is 31.5 Å². The third-order valence-corrected chi connectivity index (χ3v) is 3.18. The van der Waals surface area contributed by atoms with Gasteiger partial charge < -0.3 is 10.1 Å². The van der Waals surface area contributed by atoms with Crippen molar-refractivity contribution in [1.29, 1.82) is 0 Å². The number of nitrogens with zero attached hydrogens (tertiary/aromatic N) is 1. The lowest BCUT2D eigenvalue weighted by Crippen LogP contribution is -2.21. The molecule has 1 heterocycles. The van der Waals surface area contributed by atoms with Crippen molar-refractivity contribution >= 4 is 11.6 Å². The van der Waals surface area contributed by atoms with Gasteiger partial charge in [-0.05, 0) is 23.8 Å². The van der Waals surface area contributed by atoms with Gasteiger partial charge in [0.15, 0.2) is 0 Å². The van der Waals surface area contributed by atoms with Crippen LogP contribution in [0.25, 0.3) is 0 Å². The number of rotatable bonds is 6. The lowest BCUT2D eigenvalue weighted by atomic mass is 10.2. The average Bonchev–Trinajstić information content (AvgIpc) is 2.47. The zero-order chi connectivity index (χ0) is 15.2. The number of benzene rings is 1. The maximum absolute atomic E-state index is 13.3. The van der Waals surface area contributed by atoms with Crippen molar-refractivity contribution in [2.45, 2.75) is 33.0 Å². The number of ether oxygens (including phenoxy) is 1. The normalized spacial score (nSPS) is 10.9. The van der Waals surface area contributed by atoms with Crippen molar-refractivity contribution < 1.29 is 9.13 Å². The van der Waals surface area contributed by atoms with Crippen LogP contribution in [-0.4, -0.2) is 11.0 Å². The lowest BCUT2D eigenvalue weighted by molar-refractivity contribution is 0.299. The minimum Gasteiger partial charge on any atom is -0.487 e. The van der Waals surface area contributed by atoms with E-state index >= 15 is 0 Å². The van der Waals surface area contributed by atoms with Gasteiger partial charge in [-0.15, -0.1) is 0 Å². The van der Waals surface area contributed by atoms with Crippen LogP contribution in [0.15, 0.2) is 36.5 Å². The highest BCUT2D eigenvalue weighted by Gasteiger charge is 2.03. The number of hydrogen-bond acceptors (Lipinski definition) is 3. The predicted molar refractivity (Wildman–Crippen MR) is 82.0 cm³/mol. The Labute approximate surface area is 129 Å². The summed E-state index contributed by atoms with van der Waals surface area (Å²) in [5, 5.41) is 3.41. The van der Waals surface area contributed by atoms with E-state index in [1.807, 2.05) is 18.3 Å². The van der Waals surface area contributed by atoms with Crippen LogP contribution in [0.4, 0.5) is 4.39 Å². The Kier molecular flexibility index (Phi) is 5.53. The maximum Gasteiger partial charge on any atom is 0.145 e. The first kappa shape index (κ1) is 15.7. The van der Waals surface area contributed by atoms with Crippen molar-refractivity contribution in [3.05, 3.63) is 58.6 Å². The topological polar surface area (TPSA) is 34.1 Å². The largest absolute Gasteiger partial charge is 0.487 e. The summed E-state index contributed by atoms with van der Waals surface area (Å²) >= 11 is 5.62. The molecule has 0 bridgehead atoms. The van der Waals surface area contributed by atoms with E-state index < -0.39 is 5.82 Å². The van der Waals surface area contributed by atoms with E-state index in [-0.39, 0.29) is 5.02 Å². The minimum absolute atomic E-state index is 0.0856. The SMILES string of the molecule is CC(C)NCc1ccc(COc2ccc(Cl)c(F)c2)nc1. The zero-order valence-electron chi connectivity index (χ0n) is 12.1. The van der Waals surface area contributed by atoms with Gasteiger partial charge in [-0.2, -0.15) is 0 Å². The lowest BCUT2D eigenvalue weighted by Gasteiger charge is -2.09. The van der Waals surface area contributed by atoms with Crippen molar-refractivity contribution in [2.24, 2.45) is 0 Å². The fourth-order valence-corrected chi connectivity index (χ4v) is 1.81. The van der Waals surface area contributed by atoms with E-state index in [9.17, 15) is 4.39 Å². The highest BCUT2D eigenvalue weighted by molar-refractivity contribution is 6.30. The molecule has 2 rings (SSSR count). The minimum atomic E-state index is -0.489. The second-order valence-electron chi connectivity index (χ2n) is 5.06. The Bertz CT molecular complexity index is 587. The quantitative estimate of drug-likeness (QED) is 0.877. The molecule has 1 N–H and O–H groups in total. The average molecular weight is 309 g/mol. The summed E-state index contributed by atoms with van der Waals surface area (Å²) in [6.07, 6.45) is 1.82. The first-order valence-corrected chi connectivity index (χ1v) is 7.17. The van der Waals surface area contributed by atoms with Crippen LogP contribution in [0.2, 0.25) is 5.02 Å². The van der Waals surface area contributed by atoms with Gasteiger partial charge in [-0.25, -0.2) is 4.39 Å². The molecule has 3 nitrogen and oxygen atoms in total. The van der Waals surface area contributed by atoms with Gasteiger partial charge in [0, 0.05) is 24.8 Å². The monoisotopic (exact) mass is 308 g/mol. The summed E-state index contributed by atoms with van der Waals surface area (Å²) in [5.74, 6) is -0.0542. The molecule has 1 aromatic heterocycles. The fraction of sp³-hybridized carbons (Fsp3) is 0.312. The Morgan fingerprint density at radius 2 is 2.10 bits per heavy atom. The summed E-state index contributed by atoms with van der Waals surface area (Å²) < 4.78 is 18.8. The van der Waals surface area contributed by atoms with Gasteiger partial charge in [-0.3, -0.25) is 4.98 Å². The van der Waals surface area contributed by atoms with E-state index in [0.717, 1.165) is 17.8 Å². The van der Waals surface area contributed by atoms with Gasteiger partial charge in [0.1, 0.15) is 18.2 Å². The molecule has 0 atom stereocenters. The highest BCUT2D eigenvalue weighted by Crippen LogP contribution is 2.21. The third kappa shape index (κ3) is 4.99. The molecule has 0 radical (unpaired) electrons. The van der Waals surface area contributed by atoms with Crippen molar-refractivity contribution in [1.82, 2.24) is 10.3 Å². The highest BCUT2D eigenvalue weighted by atomic mass is 35.5. The van der Waals surface area contributed by atoms with E-state index in [1.54, 1.807) is 6.07 Å². The summed E-state index contributed by atoms with van der Waals surface area (Å²) in [5.41, 5.74) is 1.91. The van der Waals surface area contributed by atoms with Gasteiger partial charge in [0.25, 0.3) is 0 Å². The third-order valence-electron chi connectivity index (χ3n) is 2.88. The zero-order valence-corrected chi connectivity index (χ0v) is 12.8. The molecule has 21 heavy (non-hydrogen) atoms. The number of hydrogen-bond donors (Lipinski definition) is 1. The predicted octanol–water partition coefficient (Wildman–Crippen LogP) is 3.95. The Balaban J connectivity index is 1.89. The van der Waals surface area contributed by atoms with Crippen LogP contribution >= 0.6 is 11.6 Å². The molecule has 0 spiro atoms. The Morgan fingerprint density at radius 1 is 1.29 bits per heavy atom. The fourth-order valence-electron chi connectivity index (χ4n) is 1.69. The number of nitrogens with one attached hydrogen (secondary N) is 1. The summed E-state index contributed by atoms with van der Waals surface area (Å²) in [6.45, 7) is 5.27. The van der Waals surface area contributed by atoms with E-state index in [2.05, 4.69) is 24.1 Å². The summed E-state index contributed by atoms with van der Waals surface area (Å²) in [6, 6.07) is 8.72. The molecular weight excluding hydrogens is 291 g/mol. The molecular formula is C16H18ClFN2O. The van der Waals surface area contributed by atoms with Crippen molar-refractivity contribution in [3.8, 4) is 5.75 Å². The molecule has 0 aliphatic heterocycles. The van der Waals surface area contributed by atoms with Crippen LogP contribution < -0.4 is 10.1 Å². The smallest absolute Gasteiger partial charge is 0.145 e. The van der Waals surface area contributed by atoms with Gasteiger partial charge in [0.05, 0.1) is 10.7 Å². The number of aromatic nitrogens is 1. The van der Waals surface area contributed by atoms with Crippen LogP contribution in [0.5, 0.6) is 5.75 Å². The molecule has 0 saturated carbocycles. The molecule has 0 amide bonds. The van der Waals surface area contributed by atoms with E-state index in [0.29, 0.717) is 18.4 Å². The first-order valence-electron chi connectivity index (χ1n) is 6.79. The maximum atomic E-state index is 13.3. The second kappa shape index (κ2) is 7.38. The molecule has 5 heteroatoms. The van der Waals surface area contributed by atoms with E-state index in [4.69, 9.17) is 16.3 Å². The Morgan fingerprint density at radius 3 is 2.71 bits per heavy atom. The summed E-state index contributed by atoms with van der Waals surface area (Å²) in [4.78, 5) is 4.33. The van der Waals surface area contributed by atoms with Gasteiger partial charge in [0.2, 0.25) is 0 Å². The van der Waals surface area contributed by atoms with Crippen LogP contribution in [-0.2, 0) is 13.2 Å². The second-order valence-corrected chi connectivity index (χ2v) is 5.47. The molecule has 2 aromatic rings. The van der Waals surface area contributed by atoms with Crippen molar-refractivity contribution in [3.63, 3.8) is 0 Å². The van der Waals surface area contributed by atoms with Crippen LogP contribution in [0.1, 0.15) is 25.1 Å². The molecule has 0 aliphatic carbocycles. The standard InChI is InChI=1S/C16H18ClFN2O/c1-11(2)19-8-12-3-4-13(20-9-12)10-21-14-5-6-15(17)16(18)7-14/h3-7,9,11,19H,8,10H2,1-2H3. The first-order chi connectivity index (χ1) is 10.0. The van der Waals surface area contributed by atoms with Crippen LogP contribution in [0.3, 0.4) is 0 Å².